The first kappa shape index (κ1) is 14.6. The molecule has 0 radical (unpaired) electrons. The van der Waals surface area contributed by atoms with Crippen LogP contribution in [0.4, 0.5) is 15.8 Å². The summed E-state index contributed by atoms with van der Waals surface area (Å²) >= 11 is 1.62. The van der Waals surface area contributed by atoms with E-state index in [-0.39, 0.29) is 11.8 Å². The van der Waals surface area contributed by atoms with Gasteiger partial charge in [0, 0.05) is 23.2 Å². The van der Waals surface area contributed by atoms with Crippen LogP contribution in [-0.4, -0.2) is 11.6 Å². The molecule has 0 aliphatic rings. The Bertz CT molecular complexity index is 600. The van der Waals surface area contributed by atoms with E-state index in [9.17, 15) is 4.39 Å². The molecule has 0 aliphatic carbocycles. The van der Waals surface area contributed by atoms with Crippen LogP contribution in [0.25, 0.3) is 0 Å². The number of nitrogens with one attached hydrogen (secondary N) is 1. The normalized spacial score (nSPS) is 12.2. The van der Waals surface area contributed by atoms with E-state index in [0.717, 1.165) is 9.88 Å². The molecular weight excluding hydrogens is 277 g/mol. The molecule has 0 fully saturated rings. The number of nitrogen functional groups attached to an aromatic ring is 1. The fraction of sp³-hybridized carbons (Fsp3) is 0.357. The van der Waals surface area contributed by atoms with Crippen LogP contribution in [0.1, 0.15) is 29.8 Å². The van der Waals surface area contributed by atoms with Crippen LogP contribution < -0.4 is 15.8 Å². The average molecular weight is 295 g/mol. The van der Waals surface area contributed by atoms with Gasteiger partial charge in [0.2, 0.25) is 0 Å². The number of halogens is 1. The number of benzene rings is 1. The predicted octanol–water partition coefficient (Wildman–Crippen LogP) is 3.74. The summed E-state index contributed by atoms with van der Waals surface area (Å²) in [5, 5.41) is 4.20. The van der Waals surface area contributed by atoms with Gasteiger partial charge in [-0.1, -0.05) is 0 Å². The van der Waals surface area contributed by atoms with Crippen LogP contribution in [0.2, 0.25) is 0 Å². The molecule has 108 valence electrons. The van der Waals surface area contributed by atoms with E-state index < -0.39 is 5.82 Å². The summed E-state index contributed by atoms with van der Waals surface area (Å²) in [6, 6.07) is 2.86. The van der Waals surface area contributed by atoms with Gasteiger partial charge in [0.05, 0.1) is 24.0 Å². The highest BCUT2D eigenvalue weighted by Crippen LogP contribution is 2.31. The SMILES string of the molecule is CCOc1cc(NC(C)c2ncc(C)s2)c(N)cc1F. The van der Waals surface area contributed by atoms with Crippen LogP contribution in [0.3, 0.4) is 0 Å². The summed E-state index contributed by atoms with van der Waals surface area (Å²) in [5.74, 6) is -0.251. The third-order valence-corrected chi connectivity index (χ3v) is 3.88. The highest BCUT2D eigenvalue weighted by molar-refractivity contribution is 7.11. The number of rotatable bonds is 5. The molecule has 0 saturated heterocycles. The van der Waals surface area contributed by atoms with E-state index in [1.807, 2.05) is 27.0 Å². The van der Waals surface area contributed by atoms with Gasteiger partial charge < -0.3 is 15.8 Å². The van der Waals surface area contributed by atoms with Crippen molar-refractivity contribution in [1.82, 2.24) is 4.98 Å². The minimum atomic E-state index is -0.451. The number of ether oxygens (including phenoxy) is 1. The van der Waals surface area contributed by atoms with Crippen molar-refractivity contribution in [2.45, 2.75) is 26.8 Å². The number of hydrogen-bond donors (Lipinski definition) is 2. The zero-order chi connectivity index (χ0) is 14.7. The average Bonchev–Trinajstić information content (AvgIpc) is 2.82. The Morgan fingerprint density at radius 2 is 2.25 bits per heavy atom. The predicted molar refractivity (Wildman–Crippen MR) is 80.9 cm³/mol. The maximum Gasteiger partial charge on any atom is 0.167 e. The van der Waals surface area contributed by atoms with Gasteiger partial charge in [-0.2, -0.15) is 0 Å². The second kappa shape index (κ2) is 6.09. The summed E-state index contributed by atoms with van der Waals surface area (Å²) in [6.45, 7) is 6.21. The third-order valence-electron chi connectivity index (χ3n) is 2.79. The lowest BCUT2D eigenvalue weighted by molar-refractivity contribution is 0.322. The maximum atomic E-state index is 13.6. The van der Waals surface area contributed by atoms with Gasteiger partial charge in [-0.15, -0.1) is 11.3 Å². The summed E-state index contributed by atoms with van der Waals surface area (Å²) in [5.41, 5.74) is 6.84. The van der Waals surface area contributed by atoms with Gasteiger partial charge >= 0.3 is 0 Å². The van der Waals surface area contributed by atoms with E-state index in [1.165, 1.54) is 6.07 Å². The van der Waals surface area contributed by atoms with Crippen LogP contribution in [0.15, 0.2) is 18.3 Å². The lowest BCUT2D eigenvalue weighted by Crippen LogP contribution is -2.09. The molecular formula is C14H18FN3OS. The van der Waals surface area contributed by atoms with Crippen molar-refractivity contribution in [1.29, 1.82) is 0 Å². The Hall–Kier alpha value is -1.82. The number of hydrogen-bond acceptors (Lipinski definition) is 5. The fourth-order valence-corrected chi connectivity index (χ4v) is 2.60. The number of nitrogens with zero attached hydrogens (tertiary/aromatic N) is 1. The van der Waals surface area contributed by atoms with E-state index in [1.54, 1.807) is 17.4 Å². The van der Waals surface area contributed by atoms with Crippen LogP contribution >= 0.6 is 11.3 Å². The number of aryl methyl sites for hydroxylation is 1. The monoisotopic (exact) mass is 295 g/mol. The molecule has 1 atom stereocenters. The molecule has 4 nitrogen and oxygen atoms in total. The zero-order valence-electron chi connectivity index (χ0n) is 11.7. The molecule has 20 heavy (non-hydrogen) atoms. The minimum absolute atomic E-state index is 0.00376. The van der Waals surface area contributed by atoms with E-state index in [4.69, 9.17) is 10.5 Å². The molecule has 1 unspecified atom stereocenters. The van der Waals surface area contributed by atoms with Gasteiger partial charge in [-0.05, 0) is 20.8 Å². The first-order valence-electron chi connectivity index (χ1n) is 6.42. The van der Waals surface area contributed by atoms with Gasteiger partial charge in [0.25, 0.3) is 0 Å². The third kappa shape index (κ3) is 3.19. The first-order chi connectivity index (χ1) is 9.51. The fourth-order valence-electron chi connectivity index (χ4n) is 1.83. The maximum absolute atomic E-state index is 13.6. The van der Waals surface area contributed by atoms with Crippen molar-refractivity contribution in [2.75, 3.05) is 17.7 Å². The van der Waals surface area contributed by atoms with Crippen molar-refractivity contribution < 1.29 is 9.13 Å². The van der Waals surface area contributed by atoms with Gasteiger partial charge in [-0.3, -0.25) is 0 Å². The molecule has 1 aromatic carbocycles. The molecule has 1 heterocycles. The molecule has 0 saturated carbocycles. The van der Waals surface area contributed by atoms with Crippen LogP contribution in [0, 0.1) is 12.7 Å². The topological polar surface area (TPSA) is 60.2 Å². The smallest absolute Gasteiger partial charge is 0.167 e. The van der Waals surface area contributed by atoms with Gasteiger partial charge in [0.15, 0.2) is 11.6 Å². The molecule has 2 rings (SSSR count). The number of nitrogens with two attached hydrogens (primary N) is 1. The highest BCUT2D eigenvalue weighted by Gasteiger charge is 2.14. The van der Waals surface area contributed by atoms with E-state index >= 15 is 0 Å². The lowest BCUT2D eigenvalue weighted by Gasteiger charge is -2.16. The van der Waals surface area contributed by atoms with Crippen molar-refractivity contribution >= 4 is 22.7 Å². The summed E-state index contributed by atoms with van der Waals surface area (Å²) in [4.78, 5) is 5.48. The largest absolute Gasteiger partial charge is 0.491 e. The highest BCUT2D eigenvalue weighted by atomic mass is 32.1. The number of thiazole rings is 1. The lowest BCUT2D eigenvalue weighted by atomic mass is 10.2. The van der Waals surface area contributed by atoms with Crippen molar-refractivity contribution in [3.8, 4) is 5.75 Å². The molecule has 1 aromatic heterocycles. The van der Waals surface area contributed by atoms with Gasteiger partial charge in [-0.25, -0.2) is 9.37 Å². The van der Waals surface area contributed by atoms with Gasteiger partial charge in [0.1, 0.15) is 5.01 Å². The van der Waals surface area contributed by atoms with E-state index in [2.05, 4.69) is 10.3 Å². The molecule has 6 heteroatoms. The number of aromatic nitrogens is 1. The standard InChI is InChI=1S/C14H18FN3OS/c1-4-19-13-6-12(11(16)5-10(13)15)18-9(3)14-17-7-8(2)20-14/h5-7,9,18H,4,16H2,1-3H3. The minimum Gasteiger partial charge on any atom is -0.491 e. The summed E-state index contributed by atoms with van der Waals surface area (Å²) in [7, 11) is 0. The van der Waals surface area contributed by atoms with E-state index in [0.29, 0.717) is 18.0 Å². The Balaban J connectivity index is 2.22. The van der Waals surface area contributed by atoms with Crippen LogP contribution in [-0.2, 0) is 0 Å². The second-order valence-corrected chi connectivity index (χ2v) is 5.74. The first-order valence-corrected chi connectivity index (χ1v) is 7.23. The molecule has 0 bridgehead atoms. The Morgan fingerprint density at radius 1 is 1.50 bits per heavy atom. The second-order valence-electron chi connectivity index (χ2n) is 4.48. The summed E-state index contributed by atoms with van der Waals surface area (Å²) in [6.07, 6.45) is 1.83. The molecule has 0 aliphatic heterocycles. The molecule has 3 N–H and O–H groups in total. The zero-order valence-corrected chi connectivity index (χ0v) is 12.6. The van der Waals surface area contributed by atoms with Crippen molar-refractivity contribution in [2.24, 2.45) is 0 Å². The molecule has 0 spiro atoms. The molecule has 2 aromatic rings. The van der Waals surface area contributed by atoms with Crippen LogP contribution in [0.5, 0.6) is 5.75 Å². The summed E-state index contributed by atoms with van der Waals surface area (Å²) < 4.78 is 18.9. The molecule has 0 amide bonds. The Labute approximate surface area is 121 Å². The number of anilines is 2. The Morgan fingerprint density at radius 3 is 2.85 bits per heavy atom. The Kier molecular flexibility index (Phi) is 4.44. The van der Waals surface area contributed by atoms with Crippen molar-refractivity contribution in [3.63, 3.8) is 0 Å². The quantitative estimate of drug-likeness (QED) is 0.825. The van der Waals surface area contributed by atoms with Crippen molar-refractivity contribution in [3.05, 3.63) is 34.0 Å².